The van der Waals surface area contributed by atoms with Crippen molar-refractivity contribution < 1.29 is 9.21 Å². The molecule has 3 heterocycles. The van der Waals surface area contributed by atoms with Crippen molar-refractivity contribution in [3.63, 3.8) is 0 Å². The molecule has 0 saturated carbocycles. The number of carbonyl (C=O) groups excluding carboxylic acids is 1. The Bertz CT molecular complexity index is 600. The van der Waals surface area contributed by atoms with Crippen LogP contribution in [0.4, 0.5) is 0 Å². The highest BCUT2D eigenvalue weighted by molar-refractivity contribution is 5.95. The van der Waals surface area contributed by atoms with Gasteiger partial charge in [-0.3, -0.25) is 4.79 Å². The summed E-state index contributed by atoms with van der Waals surface area (Å²) in [6.45, 7) is 3.82. The Morgan fingerprint density at radius 1 is 1.42 bits per heavy atom. The number of nitrogens with zero attached hydrogens (tertiary/aromatic N) is 1. The van der Waals surface area contributed by atoms with Crippen LogP contribution in [0.2, 0.25) is 0 Å². The molecule has 0 unspecified atom stereocenters. The summed E-state index contributed by atoms with van der Waals surface area (Å²) in [5.74, 6) is 0.189. The first-order chi connectivity index (χ1) is 9.22. The number of aromatic nitrogens is 1. The second kappa shape index (κ2) is 5.01. The number of carbonyl (C=O) groups is 1. The molecule has 1 aliphatic heterocycles. The first-order valence-electron chi connectivity index (χ1n) is 6.61. The number of furan rings is 1. The molecule has 1 aliphatic rings. The lowest BCUT2D eigenvalue weighted by Gasteiger charge is -2.23. The van der Waals surface area contributed by atoms with Gasteiger partial charge in [-0.1, -0.05) is 0 Å². The molecular weight excluding hydrogens is 242 g/mol. The first-order valence-corrected chi connectivity index (χ1v) is 6.61. The Morgan fingerprint density at radius 3 is 3.00 bits per heavy atom. The standard InChI is InChI=1S/C14H17N3O2/c1-9-2-3-12-11(16-9)8-13(19-12)14(18)17-10-4-6-15-7-5-10/h2-3,8,10,15H,4-7H2,1H3,(H,17,18). The molecule has 19 heavy (non-hydrogen) atoms. The maximum absolute atomic E-state index is 12.1. The van der Waals surface area contributed by atoms with Gasteiger partial charge in [0.05, 0.1) is 0 Å². The number of rotatable bonds is 2. The fourth-order valence-electron chi connectivity index (χ4n) is 2.36. The Balaban J connectivity index is 1.77. The summed E-state index contributed by atoms with van der Waals surface area (Å²) in [6, 6.07) is 5.66. The van der Waals surface area contributed by atoms with E-state index in [2.05, 4.69) is 15.6 Å². The third kappa shape index (κ3) is 2.61. The predicted octanol–water partition coefficient (Wildman–Crippen LogP) is 1.62. The molecule has 0 aromatic carbocycles. The average Bonchev–Trinajstić information content (AvgIpc) is 2.83. The number of amides is 1. The molecule has 100 valence electrons. The Kier molecular flexibility index (Phi) is 3.21. The van der Waals surface area contributed by atoms with Crippen molar-refractivity contribution in [3.8, 4) is 0 Å². The van der Waals surface area contributed by atoms with Crippen molar-refractivity contribution in [1.82, 2.24) is 15.6 Å². The van der Waals surface area contributed by atoms with Gasteiger partial charge in [-0.25, -0.2) is 4.98 Å². The molecule has 1 amide bonds. The smallest absolute Gasteiger partial charge is 0.287 e. The molecule has 0 atom stereocenters. The molecule has 1 saturated heterocycles. The second-order valence-electron chi connectivity index (χ2n) is 4.94. The van der Waals surface area contributed by atoms with Crippen LogP contribution in [0.3, 0.4) is 0 Å². The SMILES string of the molecule is Cc1ccc2oc(C(=O)NC3CCNCC3)cc2n1. The van der Waals surface area contributed by atoms with Gasteiger partial charge in [0.25, 0.3) is 5.91 Å². The van der Waals surface area contributed by atoms with Crippen molar-refractivity contribution in [2.24, 2.45) is 0 Å². The first kappa shape index (κ1) is 12.2. The monoisotopic (exact) mass is 259 g/mol. The highest BCUT2D eigenvalue weighted by atomic mass is 16.3. The van der Waals surface area contributed by atoms with Crippen LogP contribution in [-0.2, 0) is 0 Å². The van der Waals surface area contributed by atoms with Crippen molar-refractivity contribution in [2.45, 2.75) is 25.8 Å². The van der Waals surface area contributed by atoms with E-state index in [1.807, 2.05) is 19.1 Å². The number of piperidine rings is 1. The number of aryl methyl sites for hydroxylation is 1. The van der Waals surface area contributed by atoms with Gasteiger partial charge < -0.3 is 15.1 Å². The van der Waals surface area contributed by atoms with E-state index < -0.39 is 0 Å². The number of hydrogen-bond acceptors (Lipinski definition) is 4. The third-order valence-electron chi connectivity index (χ3n) is 3.41. The minimum atomic E-state index is -0.150. The summed E-state index contributed by atoms with van der Waals surface area (Å²) in [7, 11) is 0. The van der Waals surface area contributed by atoms with Gasteiger partial charge in [-0.2, -0.15) is 0 Å². The third-order valence-corrected chi connectivity index (χ3v) is 3.41. The largest absolute Gasteiger partial charge is 0.449 e. The second-order valence-corrected chi connectivity index (χ2v) is 4.94. The molecular formula is C14H17N3O2. The predicted molar refractivity (Wildman–Crippen MR) is 72.1 cm³/mol. The van der Waals surface area contributed by atoms with Gasteiger partial charge in [0.2, 0.25) is 0 Å². The van der Waals surface area contributed by atoms with Gasteiger partial charge in [0.1, 0.15) is 5.52 Å². The average molecular weight is 259 g/mol. The Morgan fingerprint density at radius 2 is 2.21 bits per heavy atom. The zero-order valence-electron chi connectivity index (χ0n) is 10.9. The maximum Gasteiger partial charge on any atom is 0.287 e. The summed E-state index contributed by atoms with van der Waals surface area (Å²) in [6.07, 6.45) is 1.92. The summed E-state index contributed by atoms with van der Waals surface area (Å²) in [5, 5.41) is 6.28. The van der Waals surface area contributed by atoms with Crippen LogP contribution in [0.15, 0.2) is 22.6 Å². The van der Waals surface area contributed by atoms with E-state index in [9.17, 15) is 4.79 Å². The van der Waals surface area contributed by atoms with Crippen LogP contribution >= 0.6 is 0 Å². The van der Waals surface area contributed by atoms with Crippen LogP contribution < -0.4 is 10.6 Å². The van der Waals surface area contributed by atoms with E-state index >= 15 is 0 Å². The molecule has 5 heteroatoms. The molecule has 1 fully saturated rings. The van der Waals surface area contributed by atoms with Gasteiger partial charge in [0.15, 0.2) is 11.3 Å². The van der Waals surface area contributed by atoms with Crippen LogP contribution in [0, 0.1) is 6.92 Å². The fraction of sp³-hybridized carbons (Fsp3) is 0.429. The summed E-state index contributed by atoms with van der Waals surface area (Å²) < 4.78 is 5.54. The Hall–Kier alpha value is -1.88. The summed E-state index contributed by atoms with van der Waals surface area (Å²) in [5.41, 5.74) is 2.30. The summed E-state index contributed by atoms with van der Waals surface area (Å²) >= 11 is 0. The lowest BCUT2D eigenvalue weighted by molar-refractivity contribution is 0.0903. The van der Waals surface area contributed by atoms with E-state index in [0.29, 0.717) is 11.3 Å². The molecule has 3 rings (SSSR count). The van der Waals surface area contributed by atoms with Crippen molar-refractivity contribution in [1.29, 1.82) is 0 Å². The molecule has 0 radical (unpaired) electrons. The van der Waals surface area contributed by atoms with Crippen LogP contribution in [-0.4, -0.2) is 30.0 Å². The van der Waals surface area contributed by atoms with Crippen LogP contribution in [0.5, 0.6) is 0 Å². The van der Waals surface area contributed by atoms with Gasteiger partial charge in [-0.05, 0) is 45.0 Å². The highest BCUT2D eigenvalue weighted by Gasteiger charge is 2.19. The van der Waals surface area contributed by atoms with Gasteiger partial charge in [0, 0.05) is 17.8 Å². The lowest BCUT2D eigenvalue weighted by atomic mass is 10.1. The minimum Gasteiger partial charge on any atom is -0.449 e. The molecule has 0 aliphatic carbocycles. The van der Waals surface area contributed by atoms with Gasteiger partial charge in [-0.15, -0.1) is 0 Å². The van der Waals surface area contributed by atoms with Crippen molar-refractivity contribution in [2.75, 3.05) is 13.1 Å². The fourth-order valence-corrected chi connectivity index (χ4v) is 2.36. The highest BCUT2D eigenvalue weighted by Crippen LogP contribution is 2.18. The lowest BCUT2D eigenvalue weighted by Crippen LogP contribution is -2.42. The van der Waals surface area contributed by atoms with E-state index in [0.717, 1.165) is 37.1 Å². The van der Waals surface area contributed by atoms with E-state index in [-0.39, 0.29) is 11.9 Å². The molecule has 2 aromatic rings. The van der Waals surface area contributed by atoms with Crippen molar-refractivity contribution in [3.05, 3.63) is 29.7 Å². The molecule has 0 bridgehead atoms. The quantitative estimate of drug-likeness (QED) is 0.860. The van der Waals surface area contributed by atoms with Crippen LogP contribution in [0.25, 0.3) is 11.1 Å². The van der Waals surface area contributed by atoms with E-state index in [1.165, 1.54) is 0 Å². The molecule has 0 spiro atoms. The van der Waals surface area contributed by atoms with Gasteiger partial charge >= 0.3 is 0 Å². The molecule has 2 N–H and O–H groups in total. The van der Waals surface area contributed by atoms with E-state index in [4.69, 9.17) is 4.42 Å². The molecule has 2 aromatic heterocycles. The minimum absolute atomic E-state index is 0.150. The zero-order chi connectivity index (χ0) is 13.2. The number of nitrogens with one attached hydrogen (secondary N) is 2. The summed E-state index contributed by atoms with van der Waals surface area (Å²) in [4.78, 5) is 16.5. The normalized spacial score (nSPS) is 16.7. The zero-order valence-corrected chi connectivity index (χ0v) is 10.9. The number of pyridine rings is 1. The maximum atomic E-state index is 12.1. The van der Waals surface area contributed by atoms with Crippen LogP contribution in [0.1, 0.15) is 29.1 Å². The topological polar surface area (TPSA) is 67.2 Å². The molecule has 5 nitrogen and oxygen atoms in total. The van der Waals surface area contributed by atoms with Crippen molar-refractivity contribution >= 4 is 17.0 Å². The Labute approximate surface area is 111 Å². The number of hydrogen-bond donors (Lipinski definition) is 2. The number of fused-ring (bicyclic) bond motifs is 1. The van der Waals surface area contributed by atoms with E-state index in [1.54, 1.807) is 6.07 Å².